The SMILES string of the molecule is Cc1cn(C(C)C(=O)NCc2ccc3c(c2)CCNC3)c2ccc(SN3CCCCC3)cc12. The van der Waals surface area contributed by atoms with E-state index in [0.29, 0.717) is 6.54 Å². The summed E-state index contributed by atoms with van der Waals surface area (Å²) in [4.78, 5) is 14.3. The van der Waals surface area contributed by atoms with Crippen molar-refractivity contribution in [2.24, 2.45) is 0 Å². The highest BCUT2D eigenvalue weighted by Crippen LogP contribution is 2.32. The minimum atomic E-state index is -0.261. The highest BCUT2D eigenvalue weighted by atomic mass is 32.2. The van der Waals surface area contributed by atoms with Crippen LogP contribution in [0.4, 0.5) is 0 Å². The van der Waals surface area contributed by atoms with Crippen LogP contribution >= 0.6 is 11.9 Å². The third-order valence-corrected chi connectivity index (χ3v) is 8.06. The van der Waals surface area contributed by atoms with E-state index in [0.717, 1.165) is 25.0 Å². The molecule has 5 nitrogen and oxygen atoms in total. The van der Waals surface area contributed by atoms with Gasteiger partial charge in [0, 0.05) is 48.2 Å². The van der Waals surface area contributed by atoms with Crippen molar-refractivity contribution >= 4 is 28.8 Å². The van der Waals surface area contributed by atoms with Crippen LogP contribution in [0.5, 0.6) is 0 Å². The maximum atomic E-state index is 13.0. The van der Waals surface area contributed by atoms with Crippen molar-refractivity contribution < 1.29 is 4.79 Å². The van der Waals surface area contributed by atoms with Gasteiger partial charge in [0.25, 0.3) is 0 Å². The van der Waals surface area contributed by atoms with E-state index in [1.807, 2.05) is 18.9 Å². The molecule has 2 aromatic carbocycles. The molecule has 2 N–H and O–H groups in total. The van der Waals surface area contributed by atoms with Gasteiger partial charge < -0.3 is 15.2 Å². The molecule has 1 atom stereocenters. The fourth-order valence-corrected chi connectivity index (χ4v) is 6.03. The first-order valence-corrected chi connectivity index (χ1v) is 13.0. The number of carbonyl (C=O) groups is 1. The lowest BCUT2D eigenvalue weighted by molar-refractivity contribution is -0.123. The number of amides is 1. The van der Waals surface area contributed by atoms with Gasteiger partial charge in [0.1, 0.15) is 6.04 Å². The van der Waals surface area contributed by atoms with Gasteiger partial charge in [-0.3, -0.25) is 4.79 Å². The van der Waals surface area contributed by atoms with E-state index in [2.05, 4.69) is 69.0 Å². The predicted molar refractivity (Wildman–Crippen MR) is 136 cm³/mol. The molecule has 1 fully saturated rings. The van der Waals surface area contributed by atoms with Gasteiger partial charge in [-0.2, -0.15) is 0 Å². The predicted octanol–water partition coefficient (Wildman–Crippen LogP) is 4.97. The monoisotopic (exact) mass is 462 g/mol. The van der Waals surface area contributed by atoms with Gasteiger partial charge in [-0.25, -0.2) is 4.31 Å². The number of piperidine rings is 1. The minimum Gasteiger partial charge on any atom is -0.350 e. The summed E-state index contributed by atoms with van der Waals surface area (Å²) in [6.07, 6.45) is 7.11. The average Bonchev–Trinajstić information content (AvgIpc) is 3.18. The highest BCUT2D eigenvalue weighted by molar-refractivity contribution is 7.97. The zero-order valence-corrected chi connectivity index (χ0v) is 20.5. The number of fused-ring (bicyclic) bond motifs is 2. The van der Waals surface area contributed by atoms with Gasteiger partial charge >= 0.3 is 0 Å². The number of nitrogens with one attached hydrogen (secondary N) is 2. The van der Waals surface area contributed by atoms with Gasteiger partial charge in [0.2, 0.25) is 5.91 Å². The molecule has 1 saturated heterocycles. The lowest BCUT2D eigenvalue weighted by atomic mass is 9.98. The first kappa shape index (κ1) is 22.5. The van der Waals surface area contributed by atoms with Crippen LogP contribution < -0.4 is 10.6 Å². The summed E-state index contributed by atoms with van der Waals surface area (Å²) in [5.74, 6) is 0.0538. The fraction of sp³-hybridized carbons (Fsp3) is 0.444. The van der Waals surface area contributed by atoms with Crippen molar-refractivity contribution in [3.05, 3.63) is 64.8 Å². The van der Waals surface area contributed by atoms with Gasteiger partial charge in [0.15, 0.2) is 0 Å². The Hall–Kier alpha value is -2.28. The Bertz CT molecular complexity index is 1150. The molecule has 1 unspecified atom stereocenters. The summed E-state index contributed by atoms with van der Waals surface area (Å²) in [7, 11) is 0. The third-order valence-electron chi connectivity index (χ3n) is 6.97. The van der Waals surface area contributed by atoms with Crippen LogP contribution in [-0.4, -0.2) is 34.4 Å². The molecule has 174 valence electrons. The van der Waals surface area contributed by atoms with Gasteiger partial charge in [0.05, 0.1) is 0 Å². The van der Waals surface area contributed by atoms with Crippen molar-refractivity contribution in [3.8, 4) is 0 Å². The molecule has 33 heavy (non-hydrogen) atoms. The number of aryl methyl sites for hydroxylation is 1. The maximum absolute atomic E-state index is 13.0. The molecule has 0 spiro atoms. The Morgan fingerprint density at radius 1 is 1.12 bits per heavy atom. The Kier molecular flexibility index (Phi) is 6.76. The quantitative estimate of drug-likeness (QED) is 0.508. The van der Waals surface area contributed by atoms with Crippen molar-refractivity contribution in [3.63, 3.8) is 0 Å². The smallest absolute Gasteiger partial charge is 0.243 e. The molecule has 1 amide bonds. The molecular formula is C27H34N4OS. The lowest BCUT2D eigenvalue weighted by Crippen LogP contribution is -2.30. The summed E-state index contributed by atoms with van der Waals surface area (Å²) in [5.41, 5.74) is 6.29. The number of benzene rings is 2. The zero-order chi connectivity index (χ0) is 22.8. The Morgan fingerprint density at radius 3 is 2.82 bits per heavy atom. The summed E-state index contributed by atoms with van der Waals surface area (Å²) in [6.45, 7) is 9.00. The van der Waals surface area contributed by atoms with E-state index in [1.54, 1.807) is 0 Å². The molecule has 2 aliphatic rings. The van der Waals surface area contributed by atoms with E-state index in [-0.39, 0.29) is 11.9 Å². The van der Waals surface area contributed by atoms with Crippen LogP contribution in [0.25, 0.3) is 10.9 Å². The fourth-order valence-electron chi connectivity index (χ4n) is 4.99. The molecule has 2 aliphatic heterocycles. The second-order valence-electron chi connectivity index (χ2n) is 9.40. The number of nitrogens with zero attached hydrogens (tertiary/aromatic N) is 2. The van der Waals surface area contributed by atoms with Gasteiger partial charge in [-0.05, 0) is 92.1 Å². The summed E-state index contributed by atoms with van der Waals surface area (Å²) < 4.78 is 4.60. The average molecular weight is 463 g/mol. The minimum absolute atomic E-state index is 0.0538. The molecule has 0 aliphatic carbocycles. The molecule has 0 bridgehead atoms. The van der Waals surface area contributed by atoms with E-state index in [9.17, 15) is 4.79 Å². The molecule has 0 saturated carbocycles. The summed E-state index contributed by atoms with van der Waals surface area (Å²) >= 11 is 1.87. The zero-order valence-electron chi connectivity index (χ0n) is 19.7. The van der Waals surface area contributed by atoms with E-state index < -0.39 is 0 Å². The second kappa shape index (κ2) is 9.92. The van der Waals surface area contributed by atoms with Crippen molar-refractivity contribution in [1.82, 2.24) is 19.5 Å². The topological polar surface area (TPSA) is 49.3 Å². The van der Waals surface area contributed by atoms with Crippen molar-refractivity contribution in [1.29, 1.82) is 0 Å². The number of carbonyl (C=O) groups excluding carboxylic acids is 1. The Labute approximate surface area is 201 Å². The largest absolute Gasteiger partial charge is 0.350 e. The van der Waals surface area contributed by atoms with E-state index >= 15 is 0 Å². The van der Waals surface area contributed by atoms with Gasteiger partial charge in [-0.15, -0.1) is 0 Å². The normalized spacial score (nSPS) is 17.6. The standard InChI is InChI=1S/C27H34N4OS/c1-19-18-31(26-9-8-24(15-25(19)26)33-30-12-4-3-5-13-30)20(2)27(32)29-16-21-6-7-23-17-28-11-10-22(23)14-21/h6-9,14-15,18,20,28H,3-5,10-13,16-17H2,1-2H3,(H,29,32). The second-order valence-corrected chi connectivity index (χ2v) is 10.6. The first-order valence-electron chi connectivity index (χ1n) is 12.2. The number of aromatic nitrogens is 1. The highest BCUT2D eigenvalue weighted by Gasteiger charge is 2.19. The number of rotatable bonds is 6. The van der Waals surface area contributed by atoms with Crippen molar-refractivity contribution in [2.75, 3.05) is 19.6 Å². The van der Waals surface area contributed by atoms with Crippen LogP contribution in [0.2, 0.25) is 0 Å². The Balaban J connectivity index is 1.27. The van der Waals surface area contributed by atoms with Crippen LogP contribution in [0.15, 0.2) is 47.5 Å². The van der Waals surface area contributed by atoms with Crippen LogP contribution in [-0.2, 0) is 24.3 Å². The first-order chi connectivity index (χ1) is 16.1. The molecule has 3 heterocycles. The van der Waals surface area contributed by atoms with Crippen LogP contribution in [0.1, 0.15) is 54.5 Å². The number of hydrogen-bond donors (Lipinski definition) is 2. The molecule has 6 heteroatoms. The number of hydrogen-bond acceptors (Lipinski definition) is 4. The molecule has 3 aromatic rings. The summed E-state index contributed by atoms with van der Waals surface area (Å²) in [5, 5.41) is 7.80. The van der Waals surface area contributed by atoms with Crippen LogP contribution in [0.3, 0.4) is 0 Å². The lowest BCUT2D eigenvalue weighted by Gasteiger charge is -2.25. The Morgan fingerprint density at radius 2 is 1.97 bits per heavy atom. The van der Waals surface area contributed by atoms with E-state index in [4.69, 9.17) is 0 Å². The molecular weight excluding hydrogens is 428 g/mol. The maximum Gasteiger partial charge on any atom is 0.243 e. The summed E-state index contributed by atoms with van der Waals surface area (Å²) in [6, 6.07) is 13.0. The van der Waals surface area contributed by atoms with Crippen molar-refractivity contribution in [2.45, 2.75) is 63.6 Å². The molecule has 1 aromatic heterocycles. The van der Waals surface area contributed by atoms with Crippen LogP contribution in [0, 0.1) is 6.92 Å². The third kappa shape index (κ3) is 4.98. The van der Waals surface area contributed by atoms with E-state index in [1.165, 1.54) is 64.9 Å². The van der Waals surface area contributed by atoms with Gasteiger partial charge in [-0.1, -0.05) is 24.6 Å². The molecule has 5 rings (SSSR count). The molecule has 0 radical (unpaired) electrons.